The summed E-state index contributed by atoms with van der Waals surface area (Å²) in [5.41, 5.74) is 0.425. The Kier molecular flexibility index (Phi) is 6.52. The molecule has 0 spiro atoms. The maximum atomic E-state index is 6.70. The molecular weight excluding hydrogens is 301 g/mol. The van der Waals surface area contributed by atoms with E-state index in [0.29, 0.717) is 5.67 Å². The van der Waals surface area contributed by atoms with Gasteiger partial charge in [-0.05, 0) is 12.5 Å². The molecule has 6 heteroatoms. The molecule has 0 aliphatic carbocycles. The molecule has 0 heterocycles. The Labute approximate surface area is 120 Å². The van der Waals surface area contributed by atoms with E-state index in [1.165, 1.54) is 0 Å². The second-order valence-corrected chi connectivity index (χ2v) is 24.4. The van der Waals surface area contributed by atoms with Crippen molar-refractivity contribution in [1.82, 2.24) is 4.23 Å². The topological polar surface area (TPSA) is 3.24 Å². The summed E-state index contributed by atoms with van der Waals surface area (Å²) < 4.78 is 2.79. The maximum absolute atomic E-state index is 6.70. The van der Waals surface area contributed by atoms with Gasteiger partial charge in [-0.1, -0.05) is 53.1 Å². The minimum absolute atomic E-state index is 0.425. The van der Waals surface area contributed by atoms with E-state index >= 15 is 0 Å². The third kappa shape index (κ3) is 4.99. The molecule has 0 aliphatic rings. The van der Waals surface area contributed by atoms with Crippen LogP contribution in [-0.4, -0.2) is 33.1 Å². The Morgan fingerprint density at radius 2 is 1.24 bits per heavy atom. The summed E-state index contributed by atoms with van der Waals surface area (Å²) >= 11 is 13.4. The van der Waals surface area contributed by atoms with Gasteiger partial charge in [0.25, 0.3) is 6.69 Å². The zero-order chi connectivity index (χ0) is 14.1. The van der Waals surface area contributed by atoms with Gasteiger partial charge in [0, 0.05) is 5.67 Å². The second-order valence-electron chi connectivity index (χ2n) is 6.75. The highest BCUT2D eigenvalue weighted by Gasteiger charge is 2.47. The van der Waals surface area contributed by atoms with Gasteiger partial charge in [-0.25, -0.2) is 0 Å². The van der Waals surface area contributed by atoms with Crippen molar-refractivity contribution < 1.29 is 0 Å². The molecule has 1 nitrogen and oxygen atoms in total. The van der Waals surface area contributed by atoms with Crippen molar-refractivity contribution in [2.45, 2.75) is 71.3 Å². The second kappa shape index (κ2) is 6.10. The minimum Gasteiger partial charge on any atom is -0.343 e. The van der Waals surface area contributed by atoms with E-state index in [9.17, 15) is 0 Å². The fraction of sp³-hybridized carbons (Fsp3) is 1.00. The Bertz CT molecular complexity index is 232. The first-order valence-electron chi connectivity index (χ1n) is 6.55. The molecule has 0 aromatic heterocycles. The monoisotopic (exact) mass is 329 g/mol. The summed E-state index contributed by atoms with van der Waals surface area (Å²) in [6.45, 7) is 16.7. The van der Waals surface area contributed by atoms with Gasteiger partial charge < -0.3 is 4.23 Å². The standard InChI is InChI=1S/C11H29Cl2NSi3/c1-9-11(17(12,13)10-2)14(15(3,4)5)16(6,7)8/h11H,9-10H2,1-8H3. The molecule has 0 aliphatic heterocycles. The van der Waals surface area contributed by atoms with Crippen LogP contribution in [0.4, 0.5) is 0 Å². The molecule has 104 valence electrons. The van der Waals surface area contributed by atoms with Gasteiger partial charge in [0.2, 0.25) is 0 Å². The van der Waals surface area contributed by atoms with E-state index in [4.69, 9.17) is 22.2 Å². The predicted molar refractivity (Wildman–Crippen MR) is 90.6 cm³/mol. The minimum atomic E-state index is -2.15. The first kappa shape index (κ1) is 18.2. The highest BCUT2D eigenvalue weighted by Crippen LogP contribution is 2.35. The molecule has 0 aromatic rings. The third-order valence-corrected chi connectivity index (χ3v) is 16.9. The smallest absolute Gasteiger partial charge is 0.266 e. The number of hydrogen-bond acceptors (Lipinski definition) is 1. The van der Waals surface area contributed by atoms with Crippen molar-refractivity contribution in [2.75, 3.05) is 0 Å². The lowest BCUT2D eigenvalue weighted by Gasteiger charge is -2.51. The summed E-state index contributed by atoms with van der Waals surface area (Å²) in [5.74, 6) is 0. The predicted octanol–water partition coefficient (Wildman–Crippen LogP) is 5.22. The van der Waals surface area contributed by atoms with Crippen LogP contribution in [0.25, 0.3) is 0 Å². The SMILES string of the molecule is CCC(N([Si](C)(C)C)[Si](C)(C)C)[Si](Cl)(Cl)CC. The van der Waals surface area contributed by atoms with Crippen LogP contribution in [0.3, 0.4) is 0 Å². The molecule has 0 N–H and O–H groups in total. The van der Waals surface area contributed by atoms with E-state index in [2.05, 4.69) is 57.4 Å². The normalized spacial score (nSPS) is 16.4. The zero-order valence-corrected chi connectivity index (χ0v) is 17.2. The van der Waals surface area contributed by atoms with Crippen LogP contribution in [0.1, 0.15) is 20.3 Å². The van der Waals surface area contributed by atoms with Crippen molar-refractivity contribution in [3.8, 4) is 0 Å². The maximum Gasteiger partial charge on any atom is 0.266 e. The van der Waals surface area contributed by atoms with Gasteiger partial charge in [0.15, 0.2) is 0 Å². The van der Waals surface area contributed by atoms with Crippen molar-refractivity contribution in [3.05, 3.63) is 0 Å². The summed E-state index contributed by atoms with van der Waals surface area (Å²) in [7, 11) is -2.74. The first-order chi connectivity index (χ1) is 7.38. The summed E-state index contributed by atoms with van der Waals surface area (Å²) in [6.07, 6.45) is 1.08. The molecule has 0 bridgehead atoms. The van der Waals surface area contributed by atoms with E-state index in [1.807, 2.05) is 0 Å². The van der Waals surface area contributed by atoms with Crippen LogP contribution in [0.15, 0.2) is 0 Å². The van der Waals surface area contributed by atoms with Gasteiger partial charge in [0.05, 0.1) is 0 Å². The highest BCUT2D eigenvalue weighted by atomic mass is 35.7. The van der Waals surface area contributed by atoms with Crippen molar-refractivity contribution in [2.24, 2.45) is 0 Å². The molecule has 17 heavy (non-hydrogen) atoms. The molecule has 1 unspecified atom stereocenters. The Morgan fingerprint density at radius 3 is 1.41 bits per heavy atom. The zero-order valence-electron chi connectivity index (χ0n) is 12.7. The third-order valence-electron chi connectivity index (χ3n) is 3.10. The fourth-order valence-corrected chi connectivity index (χ4v) is 20.7. The number of halogens is 2. The molecule has 0 radical (unpaired) electrons. The van der Waals surface area contributed by atoms with Crippen molar-refractivity contribution in [1.29, 1.82) is 0 Å². The molecular formula is C11H29Cl2NSi3. The van der Waals surface area contributed by atoms with Gasteiger partial charge in [-0.2, -0.15) is 0 Å². The largest absolute Gasteiger partial charge is 0.343 e. The number of nitrogens with zero attached hydrogens (tertiary/aromatic N) is 1. The fourth-order valence-electron chi connectivity index (χ4n) is 2.85. The molecule has 1 atom stereocenters. The quantitative estimate of drug-likeness (QED) is 0.477. The van der Waals surface area contributed by atoms with Gasteiger partial charge >= 0.3 is 0 Å². The van der Waals surface area contributed by atoms with E-state index in [1.54, 1.807) is 0 Å². The molecule has 0 amide bonds. The van der Waals surface area contributed by atoms with Crippen molar-refractivity contribution in [3.63, 3.8) is 0 Å². The van der Waals surface area contributed by atoms with Gasteiger partial charge in [-0.15, -0.1) is 22.2 Å². The van der Waals surface area contributed by atoms with E-state index in [-0.39, 0.29) is 0 Å². The van der Waals surface area contributed by atoms with E-state index in [0.717, 1.165) is 12.5 Å². The lowest BCUT2D eigenvalue weighted by Crippen LogP contribution is -2.68. The van der Waals surface area contributed by atoms with Crippen LogP contribution in [0.2, 0.25) is 45.3 Å². The Morgan fingerprint density at radius 1 is 0.882 bits per heavy atom. The van der Waals surface area contributed by atoms with Crippen LogP contribution in [0, 0.1) is 0 Å². The summed E-state index contributed by atoms with van der Waals surface area (Å²) in [4.78, 5) is 0. The van der Waals surface area contributed by atoms with E-state index < -0.39 is 23.2 Å². The summed E-state index contributed by atoms with van der Waals surface area (Å²) in [5, 5.41) is 0. The van der Waals surface area contributed by atoms with Crippen LogP contribution < -0.4 is 0 Å². The molecule has 0 saturated carbocycles. The lowest BCUT2D eigenvalue weighted by atomic mass is 10.5. The van der Waals surface area contributed by atoms with Gasteiger partial charge in [-0.3, -0.25) is 0 Å². The number of hydrogen-bond donors (Lipinski definition) is 0. The molecule has 0 rings (SSSR count). The Balaban J connectivity index is 5.44. The van der Waals surface area contributed by atoms with Gasteiger partial charge in [0.1, 0.15) is 16.5 Å². The lowest BCUT2D eigenvalue weighted by molar-refractivity contribution is 0.535. The average molecular weight is 331 g/mol. The number of rotatable bonds is 6. The van der Waals surface area contributed by atoms with Crippen molar-refractivity contribution >= 4 is 45.3 Å². The molecule has 0 saturated heterocycles. The Hall–Kier alpha value is 1.19. The average Bonchev–Trinajstić information content (AvgIpc) is 2.09. The van der Waals surface area contributed by atoms with Crippen LogP contribution in [-0.2, 0) is 0 Å². The molecule has 0 fully saturated rings. The van der Waals surface area contributed by atoms with Crippen LogP contribution >= 0.6 is 22.2 Å². The van der Waals surface area contributed by atoms with Crippen LogP contribution in [0.5, 0.6) is 0 Å². The highest BCUT2D eigenvalue weighted by molar-refractivity contribution is 7.46. The summed E-state index contributed by atoms with van der Waals surface area (Å²) in [6, 6.07) is 0.945. The molecule has 0 aromatic carbocycles. The first-order valence-corrected chi connectivity index (χ1v) is 17.8.